The molecule has 0 aromatic heterocycles. The number of hydrogen-bond acceptors (Lipinski definition) is 5. The van der Waals surface area contributed by atoms with Crippen molar-refractivity contribution in [1.82, 2.24) is 0 Å². The van der Waals surface area contributed by atoms with E-state index in [9.17, 15) is 9.90 Å². The molecule has 2 aliphatic heterocycles. The predicted molar refractivity (Wildman–Crippen MR) is 90.4 cm³/mol. The van der Waals surface area contributed by atoms with Crippen LogP contribution in [0.25, 0.3) is 0 Å². The highest BCUT2D eigenvalue weighted by atomic mass is 79.9. The second kappa shape index (κ2) is 5.30. The molecule has 2 N–H and O–H groups in total. The van der Waals surface area contributed by atoms with E-state index < -0.39 is 11.7 Å². The number of anilines is 1. The topological polar surface area (TPSA) is 67.8 Å². The number of fused-ring (bicyclic) bond motifs is 1. The lowest BCUT2D eigenvalue weighted by Gasteiger charge is -2.31. The van der Waals surface area contributed by atoms with Gasteiger partial charge in [-0.2, -0.15) is 0 Å². The van der Waals surface area contributed by atoms with Gasteiger partial charge in [0.15, 0.2) is 5.75 Å². The number of carbonyl (C=O) groups is 1. The smallest absolute Gasteiger partial charge is 0.349 e. The zero-order valence-corrected chi connectivity index (χ0v) is 14.9. The Bertz CT molecular complexity index is 762. The van der Waals surface area contributed by atoms with Crippen molar-refractivity contribution in [2.75, 3.05) is 5.32 Å². The Labute approximate surface area is 143 Å². The van der Waals surface area contributed by atoms with E-state index in [0.717, 1.165) is 15.7 Å². The van der Waals surface area contributed by atoms with Crippen LogP contribution >= 0.6 is 15.9 Å². The largest absolute Gasteiger partial charge is 0.512 e. The minimum atomic E-state index is -1.25. The van der Waals surface area contributed by atoms with E-state index in [1.807, 2.05) is 12.1 Å². The summed E-state index contributed by atoms with van der Waals surface area (Å²) in [6, 6.07) is 3.99. The molecule has 0 amide bonds. The lowest BCUT2D eigenvalue weighted by molar-refractivity contribution is -0.138. The highest BCUT2D eigenvalue weighted by Gasteiger charge is 2.50. The SMILES string of the molecule is CC1=C[C@]2(Nc3cc(C(C)C)cc(Br)c3O2)C(=C(C)O)C(=O)O1. The summed E-state index contributed by atoms with van der Waals surface area (Å²) in [7, 11) is 0. The van der Waals surface area contributed by atoms with E-state index >= 15 is 0 Å². The van der Waals surface area contributed by atoms with Gasteiger partial charge in [-0.3, -0.25) is 0 Å². The summed E-state index contributed by atoms with van der Waals surface area (Å²) < 4.78 is 12.0. The number of ether oxygens (including phenoxy) is 2. The minimum Gasteiger partial charge on any atom is -0.512 e. The molecular formula is C17H18BrNO4. The summed E-state index contributed by atoms with van der Waals surface area (Å²) in [6.45, 7) is 7.32. The van der Waals surface area contributed by atoms with Gasteiger partial charge in [-0.15, -0.1) is 0 Å². The highest BCUT2D eigenvalue weighted by Crippen LogP contribution is 2.48. The number of cyclic esters (lactones) is 1. The molecule has 122 valence electrons. The summed E-state index contributed by atoms with van der Waals surface area (Å²) in [5.41, 5.74) is 0.700. The van der Waals surface area contributed by atoms with Crippen molar-refractivity contribution < 1.29 is 19.4 Å². The van der Waals surface area contributed by atoms with Gasteiger partial charge in [-0.05, 0) is 53.4 Å². The van der Waals surface area contributed by atoms with Crippen LogP contribution in [0.2, 0.25) is 0 Å². The third-order valence-corrected chi connectivity index (χ3v) is 4.50. The normalized spacial score (nSPS) is 24.8. The summed E-state index contributed by atoms with van der Waals surface area (Å²) in [6.07, 6.45) is 1.66. The number of halogens is 1. The summed E-state index contributed by atoms with van der Waals surface area (Å²) in [5.74, 6) is 0.607. The molecule has 2 heterocycles. The molecule has 0 unspecified atom stereocenters. The number of rotatable bonds is 1. The van der Waals surface area contributed by atoms with Crippen LogP contribution in [0.15, 0.2) is 39.8 Å². The first-order chi connectivity index (χ1) is 10.7. The molecule has 0 saturated heterocycles. The number of carbonyl (C=O) groups excluding carboxylic acids is 1. The molecule has 1 aromatic rings. The van der Waals surface area contributed by atoms with Crippen LogP contribution in [-0.2, 0) is 9.53 Å². The quantitative estimate of drug-likeness (QED) is 0.430. The molecule has 23 heavy (non-hydrogen) atoms. The van der Waals surface area contributed by atoms with Gasteiger partial charge in [-0.25, -0.2) is 4.79 Å². The first kappa shape index (κ1) is 15.9. The Kier molecular flexibility index (Phi) is 3.67. The Morgan fingerprint density at radius 2 is 2.09 bits per heavy atom. The lowest BCUT2D eigenvalue weighted by atomic mass is 9.98. The standard InChI is InChI=1S/C17H18BrNO4/c1-8(2)11-5-12(18)15-13(6-11)19-17(23-15)7-9(3)22-16(21)14(17)10(4)20/h5-8,19-20H,1-4H3/t17-/m1/s1. The highest BCUT2D eigenvalue weighted by molar-refractivity contribution is 9.10. The molecule has 3 rings (SSSR count). The van der Waals surface area contributed by atoms with Gasteiger partial charge >= 0.3 is 5.97 Å². The Morgan fingerprint density at radius 3 is 2.70 bits per heavy atom. The summed E-state index contributed by atoms with van der Waals surface area (Å²) >= 11 is 3.52. The first-order valence-electron chi connectivity index (χ1n) is 7.36. The van der Waals surface area contributed by atoms with Gasteiger partial charge in [0.05, 0.1) is 10.2 Å². The number of nitrogens with one attached hydrogen (secondary N) is 1. The fraction of sp³-hybridized carbons (Fsp3) is 0.353. The molecule has 0 saturated carbocycles. The van der Waals surface area contributed by atoms with Crippen LogP contribution in [0.1, 0.15) is 39.2 Å². The van der Waals surface area contributed by atoms with E-state index in [4.69, 9.17) is 9.47 Å². The van der Waals surface area contributed by atoms with Gasteiger partial charge in [0.1, 0.15) is 17.1 Å². The van der Waals surface area contributed by atoms with E-state index in [1.54, 1.807) is 13.0 Å². The second-order valence-electron chi connectivity index (χ2n) is 6.10. The van der Waals surface area contributed by atoms with Crippen LogP contribution in [0, 0.1) is 0 Å². The average Bonchev–Trinajstić information content (AvgIpc) is 2.75. The first-order valence-corrected chi connectivity index (χ1v) is 8.15. The number of benzene rings is 1. The Balaban J connectivity index is 2.15. The molecule has 0 bridgehead atoms. The minimum absolute atomic E-state index is 0.0531. The molecule has 6 heteroatoms. The molecule has 0 radical (unpaired) electrons. The van der Waals surface area contributed by atoms with Crippen LogP contribution < -0.4 is 10.1 Å². The molecule has 2 aliphatic rings. The Hall–Kier alpha value is -1.95. The summed E-state index contributed by atoms with van der Waals surface area (Å²) in [5, 5.41) is 13.2. The second-order valence-corrected chi connectivity index (χ2v) is 6.96. The van der Waals surface area contributed by atoms with Crippen molar-refractivity contribution in [3.8, 4) is 5.75 Å². The Morgan fingerprint density at radius 1 is 1.39 bits per heavy atom. The van der Waals surface area contributed by atoms with Crippen molar-refractivity contribution in [2.24, 2.45) is 0 Å². The van der Waals surface area contributed by atoms with Crippen LogP contribution in [0.3, 0.4) is 0 Å². The van der Waals surface area contributed by atoms with E-state index in [1.165, 1.54) is 6.92 Å². The fourth-order valence-corrected chi connectivity index (χ4v) is 3.42. The maximum atomic E-state index is 12.2. The van der Waals surface area contributed by atoms with Gasteiger partial charge in [0.25, 0.3) is 0 Å². The maximum absolute atomic E-state index is 12.2. The summed E-state index contributed by atoms with van der Waals surface area (Å²) in [4.78, 5) is 12.2. The van der Waals surface area contributed by atoms with Crippen LogP contribution in [-0.4, -0.2) is 16.8 Å². The van der Waals surface area contributed by atoms with E-state index in [-0.39, 0.29) is 11.3 Å². The molecule has 1 aromatic carbocycles. The molecule has 0 aliphatic carbocycles. The number of aliphatic hydroxyl groups excluding tert-OH is 1. The molecular weight excluding hydrogens is 362 g/mol. The number of aliphatic hydroxyl groups is 1. The third kappa shape index (κ3) is 2.51. The van der Waals surface area contributed by atoms with Crippen molar-refractivity contribution in [1.29, 1.82) is 0 Å². The number of esters is 1. The van der Waals surface area contributed by atoms with Crippen LogP contribution in [0.5, 0.6) is 5.75 Å². The molecule has 1 atom stereocenters. The van der Waals surface area contributed by atoms with Crippen molar-refractivity contribution >= 4 is 27.6 Å². The van der Waals surface area contributed by atoms with Gasteiger partial charge in [0, 0.05) is 6.08 Å². The monoisotopic (exact) mass is 379 g/mol. The van der Waals surface area contributed by atoms with Crippen molar-refractivity contribution in [3.63, 3.8) is 0 Å². The van der Waals surface area contributed by atoms with Gasteiger partial charge in [0.2, 0.25) is 5.72 Å². The predicted octanol–water partition coefficient (Wildman–Crippen LogP) is 4.37. The van der Waals surface area contributed by atoms with Crippen LogP contribution in [0.4, 0.5) is 5.69 Å². The molecule has 5 nitrogen and oxygen atoms in total. The fourth-order valence-electron chi connectivity index (χ4n) is 2.86. The van der Waals surface area contributed by atoms with Gasteiger partial charge < -0.3 is 19.9 Å². The molecule has 0 fully saturated rings. The lowest BCUT2D eigenvalue weighted by Crippen LogP contribution is -2.47. The average molecular weight is 380 g/mol. The van der Waals surface area contributed by atoms with Gasteiger partial charge in [-0.1, -0.05) is 13.8 Å². The number of hydrogen-bond donors (Lipinski definition) is 2. The van der Waals surface area contributed by atoms with E-state index in [2.05, 4.69) is 35.1 Å². The zero-order valence-electron chi connectivity index (χ0n) is 13.4. The van der Waals surface area contributed by atoms with E-state index in [0.29, 0.717) is 17.4 Å². The van der Waals surface area contributed by atoms with Crippen molar-refractivity contribution in [3.05, 3.63) is 45.3 Å². The third-order valence-electron chi connectivity index (χ3n) is 3.91. The van der Waals surface area contributed by atoms with Crippen molar-refractivity contribution in [2.45, 2.75) is 39.3 Å². The zero-order chi connectivity index (χ0) is 16.9. The maximum Gasteiger partial charge on any atom is 0.349 e. The number of allylic oxidation sites excluding steroid dienone is 2. The molecule has 1 spiro atoms.